The Morgan fingerprint density at radius 3 is 2.33 bits per heavy atom. The van der Waals surface area contributed by atoms with E-state index in [0.29, 0.717) is 36.5 Å². The normalized spacial score (nSPS) is 36.5. The molecule has 0 amide bonds. The highest BCUT2D eigenvalue weighted by molar-refractivity contribution is 7.86. The number of hydrogen-bond acceptors (Lipinski definition) is 4. The fraction of sp³-hybridized carbons (Fsp3) is 0.811. The van der Waals surface area contributed by atoms with Gasteiger partial charge in [-0.2, -0.15) is 8.42 Å². The predicted molar refractivity (Wildman–Crippen MR) is 170 cm³/mol. The first-order chi connectivity index (χ1) is 19.7. The van der Waals surface area contributed by atoms with Crippen molar-refractivity contribution >= 4 is 15.9 Å². The van der Waals surface area contributed by atoms with Crippen molar-refractivity contribution in [1.82, 2.24) is 0 Å². The topological polar surface area (TPSA) is 60.4 Å². The van der Waals surface area contributed by atoms with Crippen LogP contribution in [0.5, 0.6) is 0 Å². The van der Waals surface area contributed by atoms with Crippen molar-refractivity contribution in [1.29, 1.82) is 0 Å². The van der Waals surface area contributed by atoms with Crippen molar-refractivity contribution in [2.75, 3.05) is 5.75 Å². The Bertz CT molecular complexity index is 1330. The van der Waals surface area contributed by atoms with Gasteiger partial charge in [0.05, 0.1) is 17.3 Å². The van der Waals surface area contributed by atoms with Crippen LogP contribution in [0.2, 0.25) is 0 Å². The van der Waals surface area contributed by atoms with E-state index in [4.69, 9.17) is 4.18 Å². The van der Waals surface area contributed by atoms with Crippen LogP contribution in [0.3, 0.4) is 0 Å². The molecule has 3 fully saturated rings. The van der Waals surface area contributed by atoms with E-state index < -0.39 is 15.5 Å². The molecule has 1 aromatic carbocycles. The predicted octanol–water partition coefficient (Wildman–Crippen LogP) is 8.44. The number of rotatable bonds is 9. The summed E-state index contributed by atoms with van der Waals surface area (Å²) in [4.78, 5) is 13.0. The van der Waals surface area contributed by atoms with Gasteiger partial charge in [0.15, 0.2) is 0 Å². The fourth-order valence-corrected chi connectivity index (χ4v) is 12.7. The van der Waals surface area contributed by atoms with Crippen LogP contribution in [0.4, 0.5) is 0 Å². The first-order valence-corrected chi connectivity index (χ1v) is 18.8. The zero-order chi connectivity index (χ0) is 30.2. The minimum absolute atomic E-state index is 0.136. The molecule has 0 saturated heterocycles. The van der Waals surface area contributed by atoms with E-state index >= 15 is 0 Å². The second kappa shape index (κ2) is 10.7. The molecule has 5 heteroatoms. The second-order valence-corrected chi connectivity index (χ2v) is 18.2. The number of Topliss-reactive ketones (excluding diaryl/α,β-unsaturated/α-hetero) is 1. The van der Waals surface area contributed by atoms with Crippen molar-refractivity contribution in [3.05, 3.63) is 34.4 Å². The molecule has 234 valence electrons. The van der Waals surface area contributed by atoms with Gasteiger partial charge in [-0.1, -0.05) is 73.4 Å². The highest BCUT2D eigenvalue weighted by atomic mass is 32.2. The summed E-state index contributed by atoms with van der Waals surface area (Å²) < 4.78 is 32.7. The van der Waals surface area contributed by atoms with Gasteiger partial charge in [0.1, 0.15) is 5.78 Å². The Morgan fingerprint density at radius 2 is 1.67 bits per heavy atom. The third kappa shape index (κ3) is 4.86. The van der Waals surface area contributed by atoms with Crippen LogP contribution < -0.4 is 0 Å². The SMILES string of the molecule is CC(C)C(C)CCC(C)C1CCC2c3ccc4c(c3CCC21C)CCC(OS(=O)(=O)CC12CCC(CC1=O)C2(C)C)C4. The van der Waals surface area contributed by atoms with Gasteiger partial charge in [0, 0.05) is 12.8 Å². The molecule has 0 aromatic heterocycles. The summed E-state index contributed by atoms with van der Waals surface area (Å²) in [6.45, 7) is 16.4. The van der Waals surface area contributed by atoms with Crippen LogP contribution >= 0.6 is 0 Å². The monoisotopic (exact) mass is 596 g/mol. The summed E-state index contributed by atoms with van der Waals surface area (Å²) in [5.41, 5.74) is 5.29. The Kier molecular flexibility index (Phi) is 7.86. The number of carbonyl (C=O) groups is 1. The quantitative estimate of drug-likeness (QED) is 0.268. The number of carbonyl (C=O) groups excluding carboxylic acids is 1. The van der Waals surface area contributed by atoms with Gasteiger partial charge in [0.2, 0.25) is 0 Å². The van der Waals surface area contributed by atoms with Crippen molar-refractivity contribution in [2.45, 2.75) is 138 Å². The number of fused-ring (bicyclic) bond motifs is 7. The lowest BCUT2D eigenvalue weighted by atomic mass is 9.59. The van der Waals surface area contributed by atoms with E-state index in [-0.39, 0.29) is 23.1 Å². The lowest BCUT2D eigenvalue weighted by Gasteiger charge is -2.45. The molecule has 2 bridgehead atoms. The molecule has 0 heterocycles. The number of hydrogen-bond donors (Lipinski definition) is 0. The molecule has 0 aliphatic heterocycles. The second-order valence-electron chi connectivity index (χ2n) is 16.6. The minimum Gasteiger partial charge on any atom is -0.299 e. The van der Waals surface area contributed by atoms with Gasteiger partial charge in [-0.25, -0.2) is 0 Å². The van der Waals surface area contributed by atoms with E-state index in [2.05, 4.69) is 60.6 Å². The molecule has 1 aromatic rings. The molecule has 8 atom stereocenters. The van der Waals surface area contributed by atoms with Crippen molar-refractivity contribution in [3.8, 4) is 0 Å². The molecule has 0 N–H and O–H groups in total. The molecule has 5 aliphatic rings. The molecule has 3 saturated carbocycles. The summed E-state index contributed by atoms with van der Waals surface area (Å²) in [5.74, 6) is 4.09. The number of benzene rings is 1. The molecular formula is C37H56O4S. The average molecular weight is 597 g/mol. The van der Waals surface area contributed by atoms with Crippen molar-refractivity contribution in [3.63, 3.8) is 0 Å². The van der Waals surface area contributed by atoms with E-state index in [0.717, 1.165) is 49.4 Å². The van der Waals surface area contributed by atoms with Gasteiger partial charge >= 0.3 is 0 Å². The Balaban J connectivity index is 1.14. The van der Waals surface area contributed by atoms with Crippen molar-refractivity contribution < 1.29 is 17.4 Å². The summed E-state index contributed by atoms with van der Waals surface area (Å²) in [7, 11) is -3.80. The van der Waals surface area contributed by atoms with Crippen LogP contribution in [-0.2, 0) is 38.4 Å². The lowest BCUT2D eigenvalue weighted by molar-refractivity contribution is -0.128. The summed E-state index contributed by atoms with van der Waals surface area (Å²) >= 11 is 0. The first kappa shape index (κ1) is 30.8. The molecule has 6 rings (SSSR count). The maximum Gasteiger partial charge on any atom is 0.268 e. The summed E-state index contributed by atoms with van der Waals surface area (Å²) in [5, 5.41) is 0. The van der Waals surface area contributed by atoms with Crippen LogP contribution in [-0.4, -0.2) is 26.1 Å². The first-order valence-electron chi connectivity index (χ1n) is 17.3. The van der Waals surface area contributed by atoms with Crippen molar-refractivity contribution in [2.24, 2.45) is 45.8 Å². The maximum atomic E-state index is 13.4. The molecule has 0 spiro atoms. The molecule has 5 aliphatic carbocycles. The van der Waals surface area contributed by atoms with E-state index in [1.54, 1.807) is 11.1 Å². The van der Waals surface area contributed by atoms with Crippen LogP contribution in [0.15, 0.2) is 12.1 Å². The third-order valence-electron chi connectivity index (χ3n) is 14.2. The lowest BCUT2D eigenvalue weighted by Crippen LogP contribution is -2.43. The summed E-state index contributed by atoms with van der Waals surface area (Å²) in [6, 6.07) is 4.70. The summed E-state index contributed by atoms with van der Waals surface area (Å²) in [6.07, 6.45) is 11.9. The smallest absolute Gasteiger partial charge is 0.268 e. The minimum atomic E-state index is -3.80. The van der Waals surface area contributed by atoms with E-state index in [1.165, 1.54) is 43.2 Å². The van der Waals surface area contributed by atoms with Gasteiger partial charge in [-0.05, 0) is 120 Å². The van der Waals surface area contributed by atoms with E-state index in [9.17, 15) is 13.2 Å². The average Bonchev–Trinajstić information content (AvgIpc) is 3.46. The largest absolute Gasteiger partial charge is 0.299 e. The zero-order valence-corrected chi connectivity index (χ0v) is 28.2. The maximum absolute atomic E-state index is 13.4. The van der Waals surface area contributed by atoms with Crippen LogP contribution in [0.25, 0.3) is 0 Å². The Morgan fingerprint density at radius 1 is 0.905 bits per heavy atom. The van der Waals surface area contributed by atoms with Crippen LogP contribution in [0, 0.1) is 45.8 Å². The van der Waals surface area contributed by atoms with Gasteiger partial charge < -0.3 is 0 Å². The highest BCUT2D eigenvalue weighted by Crippen LogP contribution is 2.64. The Labute approximate surface area is 256 Å². The van der Waals surface area contributed by atoms with Gasteiger partial charge in [0.25, 0.3) is 10.1 Å². The molecule has 4 nitrogen and oxygen atoms in total. The zero-order valence-electron chi connectivity index (χ0n) is 27.4. The van der Waals surface area contributed by atoms with E-state index in [1.807, 2.05) is 0 Å². The van der Waals surface area contributed by atoms with Gasteiger partial charge in [-0.3, -0.25) is 8.98 Å². The standard InChI is InChI=1S/C37H56O4S/c1-23(2)24(3)8-9-25(4)32-14-15-33-31-12-10-26-20-28(11-13-29(26)30(31)17-18-36(32,33)7)41-42(39,40)22-37-19-16-27(21-34(37)38)35(37,5)6/h10,12,23-25,27-28,32-33H,8-9,11,13-22H2,1-7H3. The molecular weight excluding hydrogens is 540 g/mol. The number of ketones is 1. The van der Waals surface area contributed by atoms with Crippen LogP contribution in [0.1, 0.15) is 134 Å². The highest BCUT2D eigenvalue weighted by Gasteiger charge is 2.65. The van der Waals surface area contributed by atoms with Gasteiger partial charge in [-0.15, -0.1) is 0 Å². The molecule has 42 heavy (non-hydrogen) atoms. The Hall–Kier alpha value is -1.20. The fourth-order valence-electron chi connectivity index (χ4n) is 10.8. The third-order valence-corrected chi connectivity index (χ3v) is 15.6. The molecule has 0 radical (unpaired) electrons. The molecule has 8 unspecified atom stereocenters.